The topological polar surface area (TPSA) is 53.9 Å². The molecule has 1 heterocycles. The molecular weight excluding hydrogens is 108 g/mol. The number of nitrogens with one attached hydrogen (secondary N) is 1. The van der Waals surface area contributed by atoms with Crippen LogP contribution in [0.3, 0.4) is 0 Å². The maximum absolute atomic E-state index is 8.41. The average molecular weight is 114 g/mol. The maximum atomic E-state index is 8.41. The van der Waals surface area contributed by atoms with Gasteiger partial charge in [-0.25, -0.2) is 0 Å². The van der Waals surface area contributed by atoms with Crippen molar-refractivity contribution in [3.05, 3.63) is 12.3 Å². The van der Waals surface area contributed by atoms with Gasteiger partial charge in [-0.15, -0.1) is 10.7 Å². The minimum atomic E-state index is -0.0626. The number of rotatable bonds is 1. The van der Waals surface area contributed by atoms with Gasteiger partial charge >= 0.3 is 0 Å². The van der Waals surface area contributed by atoms with Crippen LogP contribution in [0, 0.1) is 0 Å². The van der Waals surface area contributed by atoms with E-state index in [0.29, 0.717) is 5.71 Å². The molecule has 0 fully saturated rings. The van der Waals surface area contributed by atoms with Crippen LogP contribution in [0.25, 0.3) is 0 Å². The van der Waals surface area contributed by atoms with Crippen LogP contribution in [0.15, 0.2) is 17.4 Å². The third kappa shape index (κ3) is 0.974. The van der Waals surface area contributed by atoms with Crippen molar-refractivity contribution in [2.75, 3.05) is 6.61 Å². The van der Waals surface area contributed by atoms with E-state index in [1.807, 2.05) is 0 Å². The van der Waals surface area contributed by atoms with Gasteiger partial charge in [-0.3, -0.25) is 0 Å². The lowest BCUT2D eigenvalue weighted by atomic mass is 10.4. The van der Waals surface area contributed by atoms with Crippen LogP contribution in [-0.2, 0) is 4.84 Å². The van der Waals surface area contributed by atoms with E-state index < -0.39 is 0 Å². The lowest BCUT2D eigenvalue weighted by Gasteiger charge is -2.03. The first-order valence-corrected chi connectivity index (χ1v) is 2.18. The SMILES string of the molecule is OCC1=NNOC=C1. The van der Waals surface area contributed by atoms with Crippen LogP contribution in [0.2, 0.25) is 0 Å². The third-order valence-corrected chi connectivity index (χ3v) is 0.732. The summed E-state index contributed by atoms with van der Waals surface area (Å²) in [5.74, 6) is 0. The van der Waals surface area contributed by atoms with Gasteiger partial charge < -0.3 is 9.94 Å². The van der Waals surface area contributed by atoms with Crippen molar-refractivity contribution >= 4 is 5.71 Å². The average Bonchev–Trinajstić information content (AvgIpc) is 1.90. The second kappa shape index (κ2) is 2.32. The zero-order chi connectivity index (χ0) is 5.82. The Morgan fingerprint density at radius 2 is 2.75 bits per heavy atom. The highest BCUT2D eigenvalue weighted by Gasteiger charge is 1.93. The third-order valence-electron chi connectivity index (χ3n) is 0.732. The molecule has 44 valence electrons. The molecule has 0 saturated carbocycles. The van der Waals surface area contributed by atoms with Gasteiger partial charge in [-0.05, 0) is 0 Å². The molecule has 0 spiro atoms. The second-order valence-corrected chi connectivity index (χ2v) is 1.27. The van der Waals surface area contributed by atoms with Crippen LogP contribution < -0.4 is 5.59 Å². The van der Waals surface area contributed by atoms with Gasteiger partial charge in [0.1, 0.15) is 6.26 Å². The van der Waals surface area contributed by atoms with Gasteiger partial charge in [-0.1, -0.05) is 0 Å². The Hall–Kier alpha value is -1.03. The summed E-state index contributed by atoms with van der Waals surface area (Å²) in [6.07, 6.45) is 3.00. The molecule has 0 aliphatic carbocycles. The molecule has 4 nitrogen and oxygen atoms in total. The van der Waals surface area contributed by atoms with Crippen LogP contribution in [0.5, 0.6) is 0 Å². The van der Waals surface area contributed by atoms with Gasteiger partial charge in [0.15, 0.2) is 0 Å². The number of nitrogens with zero attached hydrogens (tertiary/aromatic N) is 1. The van der Waals surface area contributed by atoms with Gasteiger partial charge in [0.05, 0.1) is 12.3 Å². The molecule has 4 heteroatoms. The summed E-state index contributed by atoms with van der Waals surface area (Å²) >= 11 is 0. The lowest BCUT2D eigenvalue weighted by molar-refractivity contribution is 0.134. The standard InChI is InChI=1S/C4H6N2O2/c7-3-4-1-2-8-6-5-4/h1-2,6-7H,3H2. The lowest BCUT2D eigenvalue weighted by Crippen LogP contribution is -2.14. The fourth-order valence-electron chi connectivity index (χ4n) is 0.353. The molecule has 8 heavy (non-hydrogen) atoms. The van der Waals surface area contributed by atoms with Crippen molar-refractivity contribution in [2.45, 2.75) is 0 Å². The van der Waals surface area contributed by atoms with Crippen LogP contribution in [0.4, 0.5) is 0 Å². The van der Waals surface area contributed by atoms with E-state index in [2.05, 4.69) is 15.5 Å². The maximum Gasteiger partial charge on any atom is 0.123 e. The van der Waals surface area contributed by atoms with Crippen LogP contribution in [-0.4, -0.2) is 17.4 Å². The zero-order valence-corrected chi connectivity index (χ0v) is 4.16. The van der Waals surface area contributed by atoms with Crippen molar-refractivity contribution < 1.29 is 9.94 Å². The molecule has 0 unspecified atom stereocenters. The Morgan fingerprint density at radius 3 is 3.12 bits per heavy atom. The molecule has 0 amide bonds. The smallest absolute Gasteiger partial charge is 0.123 e. The van der Waals surface area contributed by atoms with Gasteiger partial charge in [-0.2, -0.15) is 0 Å². The molecule has 0 saturated heterocycles. The number of hydrogen-bond donors (Lipinski definition) is 2. The molecule has 0 aromatic carbocycles. The fraction of sp³-hybridized carbons (Fsp3) is 0.250. The largest absolute Gasteiger partial charge is 0.390 e. The second-order valence-electron chi connectivity index (χ2n) is 1.27. The molecular formula is C4H6N2O2. The van der Waals surface area contributed by atoms with E-state index in [1.54, 1.807) is 6.08 Å². The summed E-state index contributed by atoms with van der Waals surface area (Å²) in [7, 11) is 0. The summed E-state index contributed by atoms with van der Waals surface area (Å²) < 4.78 is 0. The van der Waals surface area contributed by atoms with E-state index in [-0.39, 0.29) is 6.61 Å². The zero-order valence-electron chi connectivity index (χ0n) is 4.16. The Kier molecular flexibility index (Phi) is 1.48. The first-order valence-electron chi connectivity index (χ1n) is 2.18. The van der Waals surface area contributed by atoms with E-state index in [0.717, 1.165) is 0 Å². The molecule has 2 N–H and O–H groups in total. The van der Waals surface area contributed by atoms with E-state index in [4.69, 9.17) is 5.11 Å². The summed E-state index contributed by atoms with van der Waals surface area (Å²) in [6.45, 7) is -0.0626. The van der Waals surface area contributed by atoms with Gasteiger partial charge in [0.2, 0.25) is 0 Å². The van der Waals surface area contributed by atoms with Crippen molar-refractivity contribution in [3.8, 4) is 0 Å². The van der Waals surface area contributed by atoms with Crippen LogP contribution in [0.1, 0.15) is 0 Å². The highest BCUT2D eigenvalue weighted by molar-refractivity contribution is 5.95. The molecule has 1 rings (SSSR count). The summed E-state index contributed by atoms with van der Waals surface area (Å²) in [6, 6.07) is 0. The minimum absolute atomic E-state index is 0.0626. The predicted molar refractivity (Wildman–Crippen MR) is 27.9 cm³/mol. The van der Waals surface area contributed by atoms with Crippen molar-refractivity contribution in [1.29, 1.82) is 0 Å². The van der Waals surface area contributed by atoms with E-state index in [1.165, 1.54) is 6.26 Å². The van der Waals surface area contributed by atoms with Crippen LogP contribution >= 0.6 is 0 Å². The van der Waals surface area contributed by atoms with Crippen molar-refractivity contribution in [2.24, 2.45) is 5.10 Å². The Balaban J connectivity index is 2.51. The Morgan fingerprint density at radius 1 is 1.88 bits per heavy atom. The summed E-state index contributed by atoms with van der Waals surface area (Å²) in [5, 5.41) is 12.0. The normalized spacial score (nSPS) is 16.4. The van der Waals surface area contributed by atoms with Gasteiger partial charge in [0, 0.05) is 6.08 Å². The Bertz CT molecular complexity index is 130. The Labute approximate surface area is 46.4 Å². The van der Waals surface area contributed by atoms with E-state index in [9.17, 15) is 0 Å². The van der Waals surface area contributed by atoms with Gasteiger partial charge in [0.25, 0.3) is 0 Å². The molecule has 0 aromatic heterocycles. The monoisotopic (exact) mass is 114 g/mol. The van der Waals surface area contributed by atoms with E-state index >= 15 is 0 Å². The number of aliphatic hydroxyl groups excluding tert-OH is 1. The molecule has 0 radical (unpaired) electrons. The predicted octanol–water partition coefficient (Wildman–Crippen LogP) is -0.617. The fourth-order valence-corrected chi connectivity index (χ4v) is 0.353. The first kappa shape index (κ1) is 5.11. The molecule has 0 aromatic rings. The molecule has 0 bridgehead atoms. The molecule has 1 aliphatic rings. The number of hydrazone groups is 1. The highest BCUT2D eigenvalue weighted by Crippen LogP contribution is 1.85. The molecule has 0 atom stereocenters. The van der Waals surface area contributed by atoms with Crippen molar-refractivity contribution in [1.82, 2.24) is 5.59 Å². The quantitative estimate of drug-likeness (QED) is 0.477. The summed E-state index contributed by atoms with van der Waals surface area (Å²) in [5.41, 5.74) is 2.79. The number of hydrogen-bond acceptors (Lipinski definition) is 4. The highest BCUT2D eigenvalue weighted by atomic mass is 16.7. The molecule has 1 aliphatic heterocycles. The van der Waals surface area contributed by atoms with Crippen molar-refractivity contribution in [3.63, 3.8) is 0 Å². The summed E-state index contributed by atoms with van der Waals surface area (Å²) in [4.78, 5) is 4.47. The minimum Gasteiger partial charge on any atom is -0.390 e. The number of aliphatic hydroxyl groups is 1. The first-order chi connectivity index (χ1) is 3.93.